The summed E-state index contributed by atoms with van der Waals surface area (Å²) in [5.74, 6) is 0.0853. The number of rotatable bonds is 6. The fraction of sp³-hybridized carbons (Fsp3) is 0.286. The largest absolute Gasteiger partial charge is 0.507 e. The van der Waals surface area contributed by atoms with Crippen molar-refractivity contribution in [1.82, 2.24) is 0 Å². The lowest BCUT2D eigenvalue weighted by molar-refractivity contribution is -0.132. The van der Waals surface area contributed by atoms with Crippen LogP contribution in [0.3, 0.4) is 0 Å². The maximum Gasteiger partial charge on any atom is 0.300 e. The Morgan fingerprint density at radius 3 is 2.38 bits per heavy atom. The number of furan rings is 1. The van der Waals surface area contributed by atoms with Crippen LogP contribution in [0.1, 0.15) is 53.2 Å². The summed E-state index contributed by atoms with van der Waals surface area (Å²) in [5.41, 5.74) is 3.76. The van der Waals surface area contributed by atoms with Crippen LogP contribution in [0.2, 0.25) is 0 Å². The first-order chi connectivity index (χ1) is 16.2. The van der Waals surface area contributed by atoms with Gasteiger partial charge in [0.25, 0.3) is 11.7 Å². The molecule has 1 saturated heterocycles. The summed E-state index contributed by atoms with van der Waals surface area (Å²) in [5, 5.41) is 11.3. The predicted octanol–water partition coefficient (Wildman–Crippen LogP) is 5.93. The number of aryl methyl sites for hydroxylation is 4. The first-order valence-corrected chi connectivity index (χ1v) is 11.4. The normalized spacial score (nSPS) is 17.4. The number of carbonyl (C=O) groups is 2. The highest BCUT2D eigenvalue weighted by Crippen LogP contribution is 2.43. The van der Waals surface area contributed by atoms with Crippen LogP contribution in [0.5, 0.6) is 5.75 Å². The first kappa shape index (κ1) is 23.4. The van der Waals surface area contributed by atoms with E-state index in [4.69, 9.17) is 9.15 Å². The Balaban J connectivity index is 1.88. The Labute approximate surface area is 199 Å². The van der Waals surface area contributed by atoms with Gasteiger partial charge in [0, 0.05) is 11.3 Å². The van der Waals surface area contributed by atoms with E-state index in [9.17, 15) is 14.7 Å². The SMILES string of the molecule is CCCOc1ccc(/C(O)=C2/C(=O)C(=O)N(c3ccc(C)cc3C)C2c2ccc(C)o2)cc1C. The van der Waals surface area contributed by atoms with Crippen LogP contribution in [0.25, 0.3) is 5.76 Å². The van der Waals surface area contributed by atoms with E-state index in [-0.39, 0.29) is 11.3 Å². The van der Waals surface area contributed by atoms with Gasteiger partial charge in [0.2, 0.25) is 0 Å². The summed E-state index contributed by atoms with van der Waals surface area (Å²) in [7, 11) is 0. The fourth-order valence-electron chi connectivity index (χ4n) is 4.35. The van der Waals surface area contributed by atoms with Crippen molar-refractivity contribution < 1.29 is 23.8 Å². The molecule has 2 aromatic carbocycles. The standard InChI is InChI=1S/C28H29NO5/c1-6-13-33-22-12-9-20(15-18(22)4)26(30)24-25(23-11-8-19(5)34-23)29(28(32)27(24)31)21-10-7-16(2)14-17(21)3/h7-12,14-15,25,30H,6,13H2,1-5H3/b26-24-. The Bertz CT molecular complexity index is 1300. The molecule has 0 bridgehead atoms. The van der Waals surface area contributed by atoms with E-state index >= 15 is 0 Å². The second kappa shape index (κ2) is 9.21. The van der Waals surface area contributed by atoms with Gasteiger partial charge in [-0.05, 0) is 81.6 Å². The fourth-order valence-corrected chi connectivity index (χ4v) is 4.35. The van der Waals surface area contributed by atoms with Crippen LogP contribution < -0.4 is 9.64 Å². The van der Waals surface area contributed by atoms with E-state index in [1.54, 1.807) is 37.3 Å². The Kier molecular flexibility index (Phi) is 6.33. The lowest BCUT2D eigenvalue weighted by atomic mass is 9.98. The van der Waals surface area contributed by atoms with Crippen LogP contribution in [0.15, 0.2) is 58.5 Å². The van der Waals surface area contributed by atoms with Gasteiger partial charge in [0.1, 0.15) is 29.1 Å². The molecule has 1 amide bonds. The number of ketones is 1. The number of hydrogen-bond acceptors (Lipinski definition) is 5. The van der Waals surface area contributed by atoms with E-state index in [2.05, 4.69) is 0 Å². The molecule has 3 aromatic rings. The van der Waals surface area contributed by atoms with Crippen LogP contribution in [-0.4, -0.2) is 23.4 Å². The van der Waals surface area contributed by atoms with Crippen molar-refractivity contribution in [3.05, 3.63) is 87.9 Å². The number of ether oxygens (including phenoxy) is 1. The van der Waals surface area contributed by atoms with Gasteiger partial charge >= 0.3 is 0 Å². The maximum atomic E-state index is 13.3. The third-order valence-corrected chi connectivity index (χ3v) is 6.00. The number of aliphatic hydroxyl groups is 1. The predicted molar refractivity (Wildman–Crippen MR) is 131 cm³/mol. The molecule has 1 N–H and O–H groups in total. The van der Waals surface area contributed by atoms with Crippen molar-refractivity contribution >= 4 is 23.1 Å². The van der Waals surface area contributed by atoms with Gasteiger partial charge in [-0.25, -0.2) is 0 Å². The van der Waals surface area contributed by atoms with Crippen molar-refractivity contribution in [2.24, 2.45) is 0 Å². The number of anilines is 1. The van der Waals surface area contributed by atoms with Gasteiger partial charge in [-0.3, -0.25) is 14.5 Å². The molecule has 0 aliphatic carbocycles. The highest BCUT2D eigenvalue weighted by molar-refractivity contribution is 6.51. The van der Waals surface area contributed by atoms with Gasteiger partial charge in [0.15, 0.2) is 0 Å². The van der Waals surface area contributed by atoms with Gasteiger partial charge < -0.3 is 14.3 Å². The number of aliphatic hydroxyl groups excluding tert-OH is 1. The molecule has 0 spiro atoms. The topological polar surface area (TPSA) is 80.0 Å². The second-order valence-corrected chi connectivity index (χ2v) is 8.74. The smallest absolute Gasteiger partial charge is 0.300 e. The minimum Gasteiger partial charge on any atom is -0.507 e. The number of amides is 1. The Morgan fingerprint density at radius 2 is 1.76 bits per heavy atom. The summed E-state index contributed by atoms with van der Waals surface area (Å²) in [6, 6.07) is 13.5. The highest BCUT2D eigenvalue weighted by atomic mass is 16.5. The molecule has 0 radical (unpaired) electrons. The number of carbonyl (C=O) groups excluding carboxylic acids is 2. The maximum absolute atomic E-state index is 13.3. The van der Waals surface area contributed by atoms with Crippen molar-refractivity contribution in [2.75, 3.05) is 11.5 Å². The van der Waals surface area contributed by atoms with Crippen LogP contribution in [-0.2, 0) is 9.59 Å². The summed E-state index contributed by atoms with van der Waals surface area (Å²) in [6.45, 7) is 10.2. The average molecular weight is 460 g/mol. The molecule has 6 nitrogen and oxygen atoms in total. The van der Waals surface area contributed by atoms with Crippen LogP contribution in [0, 0.1) is 27.7 Å². The summed E-state index contributed by atoms with van der Waals surface area (Å²) in [6.07, 6.45) is 0.881. The van der Waals surface area contributed by atoms with E-state index in [1.165, 1.54) is 4.90 Å². The number of benzene rings is 2. The molecule has 1 atom stereocenters. The van der Waals surface area contributed by atoms with Crippen molar-refractivity contribution in [3.63, 3.8) is 0 Å². The number of nitrogens with zero attached hydrogens (tertiary/aromatic N) is 1. The molecule has 1 aliphatic heterocycles. The zero-order valence-electron chi connectivity index (χ0n) is 20.1. The van der Waals surface area contributed by atoms with Gasteiger partial charge in [-0.2, -0.15) is 0 Å². The Hall–Kier alpha value is -3.80. The first-order valence-electron chi connectivity index (χ1n) is 11.4. The van der Waals surface area contributed by atoms with E-state index in [0.29, 0.717) is 35.1 Å². The summed E-state index contributed by atoms with van der Waals surface area (Å²) >= 11 is 0. The second-order valence-electron chi connectivity index (χ2n) is 8.74. The third kappa shape index (κ3) is 4.12. The van der Waals surface area contributed by atoms with Crippen molar-refractivity contribution in [1.29, 1.82) is 0 Å². The van der Waals surface area contributed by atoms with Gasteiger partial charge in [-0.15, -0.1) is 0 Å². The van der Waals surface area contributed by atoms with Crippen molar-refractivity contribution in [3.8, 4) is 5.75 Å². The molecular formula is C28H29NO5. The average Bonchev–Trinajstić information content (AvgIpc) is 3.33. The van der Waals surface area contributed by atoms with Crippen LogP contribution >= 0.6 is 0 Å². The molecule has 1 unspecified atom stereocenters. The monoisotopic (exact) mass is 459 g/mol. The molecule has 6 heteroatoms. The minimum absolute atomic E-state index is 0.000881. The highest BCUT2D eigenvalue weighted by Gasteiger charge is 2.48. The van der Waals surface area contributed by atoms with Gasteiger partial charge in [-0.1, -0.05) is 24.6 Å². The minimum atomic E-state index is -0.883. The third-order valence-electron chi connectivity index (χ3n) is 6.00. The molecule has 1 fully saturated rings. The zero-order chi connectivity index (χ0) is 24.6. The van der Waals surface area contributed by atoms with E-state index in [0.717, 1.165) is 23.1 Å². The van der Waals surface area contributed by atoms with Gasteiger partial charge in [0.05, 0.1) is 12.2 Å². The lowest BCUT2D eigenvalue weighted by Gasteiger charge is -2.25. The molecule has 176 valence electrons. The molecule has 0 saturated carbocycles. The number of hydrogen-bond donors (Lipinski definition) is 1. The summed E-state index contributed by atoms with van der Waals surface area (Å²) < 4.78 is 11.6. The molecular weight excluding hydrogens is 430 g/mol. The number of Topliss-reactive ketones (excluding diaryl/α,β-unsaturated/α-hetero) is 1. The quantitative estimate of drug-likeness (QED) is 0.281. The molecule has 2 heterocycles. The van der Waals surface area contributed by atoms with E-state index in [1.807, 2.05) is 45.9 Å². The lowest BCUT2D eigenvalue weighted by Crippen LogP contribution is -2.30. The summed E-state index contributed by atoms with van der Waals surface area (Å²) in [4.78, 5) is 28.0. The molecule has 1 aromatic heterocycles. The van der Waals surface area contributed by atoms with Crippen LogP contribution in [0.4, 0.5) is 5.69 Å². The molecule has 4 rings (SSSR count). The zero-order valence-corrected chi connectivity index (χ0v) is 20.1. The Morgan fingerprint density at radius 1 is 1.00 bits per heavy atom. The van der Waals surface area contributed by atoms with E-state index < -0.39 is 17.7 Å². The molecule has 1 aliphatic rings. The van der Waals surface area contributed by atoms with Crippen molar-refractivity contribution in [2.45, 2.75) is 47.1 Å². The molecule has 34 heavy (non-hydrogen) atoms.